The van der Waals surface area contributed by atoms with Gasteiger partial charge in [0.15, 0.2) is 0 Å². The Labute approximate surface area is 686 Å². The third-order valence-corrected chi connectivity index (χ3v) is 26.1. The number of nitrogens with zero attached hydrogens (tertiary/aromatic N) is 4. The van der Waals surface area contributed by atoms with Crippen LogP contribution in [0.15, 0.2) is 376 Å². The van der Waals surface area contributed by atoms with Crippen LogP contribution in [0.4, 0.5) is 0 Å². The Kier molecular flexibility index (Phi) is 16.4. The minimum Gasteiger partial charge on any atom is -0.309 e. The first-order chi connectivity index (χ1) is 58.4. The highest BCUT2D eigenvalue weighted by molar-refractivity contribution is 6.21. The molecule has 22 aromatic rings. The van der Waals surface area contributed by atoms with Gasteiger partial charge in [0.05, 0.1) is 44.1 Å². The number of rotatable bonds is 15. The molecule has 1 atom stereocenters. The van der Waals surface area contributed by atoms with E-state index in [0.29, 0.717) is 5.92 Å². The molecule has 2 aliphatic rings. The summed E-state index contributed by atoms with van der Waals surface area (Å²) in [7, 11) is 0. The van der Waals surface area contributed by atoms with Crippen LogP contribution >= 0.6 is 0 Å². The van der Waals surface area contributed by atoms with E-state index >= 15 is 0 Å². The Morgan fingerprint density at radius 1 is 0.212 bits per heavy atom. The van der Waals surface area contributed by atoms with Gasteiger partial charge in [0.25, 0.3) is 0 Å². The number of para-hydroxylation sites is 4. The molecule has 0 spiro atoms. The van der Waals surface area contributed by atoms with Crippen molar-refractivity contribution in [3.63, 3.8) is 0 Å². The molecule has 4 aromatic heterocycles. The maximum Gasteiger partial charge on any atom is 0.0541 e. The minimum absolute atomic E-state index is 0.552. The van der Waals surface area contributed by atoms with Crippen molar-refractivity contribution in [2.75, 3.05) is 0 Å². The van der Waals surface area contributed by atoms with Gasteiger partial charge in [0.2, 0.25) is 0 Å². The molecule has 18 aromatic carbocycles. The molecule has 2 aliphatic carbocycles. The number of hydrogen-bond donors (Lipinski definition) is 0. The molecule has 4 heteroatoms. The number of benzene rings is 18. The van der Waals surface area contributed by atoms with Gasteiger partial charge < -0.3 is 18.3 Å². The monoisotopic (exact) mass is 1510 g/mol. The van der Waals surface area contributed by atoms with Crippen LogP contribution in [0, 0.1) is 0 Å². The van der Waals surface area contributed by atoms with Gasteiger partial charge >= 0.3 is 0 Å². The highest BCUT2D eigenvalue weighted by Crippen LogP contribution is 2.52. The molecular formula is C114H84N4. The van der Waals surface area contributed by atoms with E-state index in [0.717, 1.165) is 24.2 Å². The van der Waals surface area contributed by atoms with E-state index in [-0.39, 0.29) is 0 Å². The van der Waals surface area contributed by atoms with Crippen molar-refractivity contribution in [1.29, 1.82) is 0 Å². The minimum atomic E-state index is 0.552. The normalized spacial score (nSPS) is 12.4. The van der Waals surface area contributed by atoms with Gasteiger partial charge in [-0.3, -0.25) is 0 Å². The molecule has 0 saturated carbocycles. The molecule has 0 bridgehead atoms. The van der Waals surface area contributed by atoms with Gasteiger partial charge in [0, 0.05) is 65.8 Å². The summed E-state index contributed by atoms with van der Waals surface area (Å²) in [5.74, 6) is 0.552. The third-order valence-electron chi connectivity index (χ3n) is 26.1. The fourth-order valence-electron chi connectivity index (χ4n) is 20.2. The van der Waals surface area contributed by atoms with E-state index in [1.54, 1.807) is 0 Å². The quantitative estimate of drug-likeness (QED) is 0.0912. The number of fused-ring (bicyclic) bond motifs is 18. The maximum atomic E-state index is 2.45. The lowest BCUT2D eigenvalue weighted by Crippen LogP contribution is -1.96. The summed E-state index contributed by atoms with van der Waals surface area (Å²) in [5, 5.41) is 15.4. The topological polar surface area (TPSA) is 19.7 Å². The molecule has 4 heterocycles. The Hall–Kier alpha value is -14.3. The van der Waals surface area contributed by atoms with Crippen LogP contribution in [0.1, 0.15) is 69.9 Å². The maximum absolute atomic E-state index is 2.45. The van der Waals surface area contributed by atoms with Crippen molar-refractivity contribution in [2.24, 2.45) is 0 Å². The Morgan fingerprint density at radius 2 is 0.525 bits per heavy atom. The van der Waals surface area contributed by atoms with Crippen LogP contribution in [-0.2, 0) is 6.42 Å². The second kappa shape index (κ2) is 28.0. The van der Waals surface area contributed by atoms with E-state index in [2.05, 4.69) is 415 Å². The van der Waals surface area contributed by atoms with E-state index in [1.165, 1.54) is 246 Å². The molecule has 0 amide bonds. The molecule has 118 heavy (non-hydrogen) atoms. The molecule has 24 rings (SSSR count). The molecule has 4 nitrogen and oxygen atoms in total. The van der Waals surface area contributed by atoms with Crippen molar-refractivity contribution in [1.82, 2.24) is 18.3 Å². The fraction of sp³-hybridized carbons (Fsp3) is 0.0877. The lowest BCUT2D eigenvalue weighted by Gasteiger charge is -2.13. The molecule has 0 radical (unpaired) electrons. The highest BCUT2D eigenvalue weighted by atomic mass is 15.0. The Balaban J connectivity index is 0.000000138. The van der Waals surface area contributed by atoms with E-state index in [9.17, 15) is 0 Å². The lowest BCUT2D eigenvalue weighted by molar-refractivity contribution is 0.667. The average molecular weight is 1510 g/mol. The summed E-state index contributed by atoms with van der Waals surface area (Å²) < 4.78 is 9.74. The van der Waals surface area contributed by atoms with Crippen LogP contribution in [0.2, 0.25) is 0 Å². The van der Waals surface area contributed by atoms with E-state index in [4.69, 9.17) is 0 Å². The van der Waals surface area contributed by atoms with Gasteiger partial charge in [-0.05, 0) is 268 Å². The predicted molar refractivity (Wildman–Crippen MR) is 502 cm³/mol. The van der Waals surface area contributed by atoms with E-state index < -0.39 is 0 Å². The largest absolute Gasteiger partial charge is 0.309 e. The lowest BCUT2D eigenvalue weighted by atomic mass is 9.94. The zero-order valence-corrected chi connectivity index (χ0v) is 66.4. The van der Waals surface area contributed by atoms with Crippen molar-refractivity contribution < 1.29 is 0 Å². The third kappa shape index (κ3) is 11.0. The molecule has 0 aliphatic heterocycles. The zero-order valence-electron chi connectivity index (χ0n) is 66.4. The summed E-state index contributed by atoms with van der Waals surface area (Å²) in [6, 6.07) is 141. The van der Waals surface area contributed by atoms with Crippen LogP contribution < -0.4 is 0 Å². The summed E-state index contributed by atoms with van der Waals surface area (Å²) in [6.45, 7) is 6.84. The average Bonchev–Trinajstić information content (AvgIpc) is 1.47. The predicted octanol–water partition coefficient (Wildman–Crippen LogP) is 31.7. The smallest absolute Gasteiger partial charge is 0.0541 e. The number of unbranched alkanes of at least 4 members (excludes halogenated alkanes) is 3. The Morgan fingerprint density at radius 3 is 0.907 bits per heavy atom. The molecule has 0 N–H and O–H groups in total. The van der Waals surface area contributed by atoms with Gasteiger partial charge in [-0.1, -0.05) is 295 Å². The SMILES string of the molecule is CCC(C)c1ccc(-n2c3ccccc3c3cc(-c4ccc5c(c4)c4ccccc4n5-c4cccc(-c5ccc6c7c(cccc57)-c5ccccc5-6)c4)ccc32)cc1.CCCCCCc1ccc(-n2c3ccccc3c3cc(-c4ccc5c(c4)c4ccccc4n5-c4cccc(-c5ccc6c7c(cccc57)-c5ccccc5-6)c4)ccc32)cc1. The molecular weight excluding hydrogens is 1430 g/mol. The summed E-state index contributed by atoms with van der Waals surface area (Å²) in [6.07, 6.45) is 7.44. The van der Waals surface area contributed by atoms with Gasteiger partial charge in [-0.15, -0.1) is 0 Å². The Bertz CT molecular complexity index is 7780. The highest BCUT2D eigenvalue weighted by Gasteiger charge is 2.27. The van der Waals surface area contributed by atoms with Crippen molar-refractivity contribution >= 4 is 109 Å². The molecule has 560 valence electrons. The van der Waals surface area contributed by atoms with Gasteiger partial charge in [0.1, 0.15) is 0 Å². The standard InChI is InChI=1S/C58H44N2.C56H40N2/c1-2-3-4-5-14-38-25-29-42(30-26-38)59-54-23-10-8-19-47(54)52-36-39(27-33-56(52)59)40-28-34-57-53(37-40)48-20-9-11-24-55(48)60(57)43-16-12-15-41(35-43)44-31-32-51-46-18-7-6-17-45(46)50-22-13-21-49(44)58(50)51;1-3-35(2)36-22-26-40(27-23-36)57-52-20-8-6-16-45(52)50-33-37(24-30-54(50)57)38-25-31-55-51(34-38)46-17-7-9-21-53(46)58(55)41-13-10-12-39(32-41)42-28-29-49-44-15-5-4-14-43(44)48-19-11-18-47(42)56(48)49/h6-13,15-37H,2-5,14H2,1H3;4-35H,3H2,1-2H3. The summed E-state index contributed by atoms with van der Waals surface area (Å²) >= 11 is 0. The van der Waals surface area contributed by atoms with Crippen LogP contribution in [0.25, 0.3) is 221 Å². The number of aryl methyl sites for hydroxylation is 1. The second-order valence-corrected chi connectivity index (χ2v) is 32.7. The number of aromatic nitrogens is 4. The number of hydrogen-bond acceptors (Lipinski definition) is 0. The van der Waals surface area contributed by atoms with Gasteiger partial charge in [-0.2, -0.15) is 0 Å². The summed E-state index contributed by atoms with van der Waals surface area (Å²) in [5.41, 5.74) is 37.8. The van der Waals surface area contributed by atoms with E-state index in [1.807, 2.05) is 0 Å². The zero-order chi connectivity index (χ0) is 78.2. The first kappa shape index (κ1) is 69.2. The fourth-order valence-corrected chi connectivity index (χ4v) is 20.2. The van der Waals surface area contributed by atoms with Gasteiger partial charge in [-0.25, -0.2) is 0 Å². The van der Waals surface area contributed by atoms with Crippen LogP contribution in [-0.4, -0.2) is 18.3 Å². The second-order valence-electron chi connectivity index (χ2n) is 32.7. The van der Waals surface area contributed by atoms with Crippen molar-refractivity contribution in [3.8, 4) is 112 Å². The first-order valence-corrected chi connectivity index (χ1v) is 42.2. The van der Waals surface area contributed by atoms with Crippen molar-refractivity contribution in [2.45, 2.75) is 65.2 Å². The molecule has 0 fully saturated rings. The first-order valence-electron chi connectivity index (χ1n) is 42.2. The summed E-state index contributed by atoms with van der Waals surface area (Å²) in [4.78, 5) is 0. The molecule has 1 unspecified atom stereocenters. The van der Waals surface area contributed by atoms with Crippen LogP contribution in [0.5, 0.6) is 0 Å². The molecule has 0 saturated heterocycles. The van der Waals surface area contributed by atoms with Crippen molar-refractivity contribution in [3.05, 3.63) is 387 Å². The van der Waals surface area contributed by atoms with Crippen LogP contribution in [0.3, 0.4) is 0 Å².